The number of imidazole rings is 1. The normalized spacial score (nSPS) is 17.5. The number of carbonyl (C=O) groups is 2. The number of halogens is 2. The van der Waals surface area contributed by atoms with Crippen molar-refractivity contribution in [2.24, 2.45) is 17.8 Å². The fourth-order valence-electron chi connectivity index (χ4n) is 4.95. The number of nitrogens with one attached hydrogen (secondary N) is 1. The Morgan fingerprint density at radius 2 is 1.94 bits per heavy atom. The first-order valence-electron chi connectivity index (χ1n) is 12.3. The van der Waals surface area contributed by atoms with Crippen LogP contribution in [0.1, 0.15) is 78.4 Å². The molecular formula is C24H28F2N6O4. The van der Waals surface area contributed by atoms with Gasteiger partial charge in [-0.25, -0.2) is 22.9 Å². The van der Waals surface area contributed by atoms with E-state index in [0.717, 1.165) is 25.7 Å². The van der Waals surface area contributed by atoms with Crippen LogP contribution in [0.4, 0.5) is 8.78 Å². The van der Waals surface area contributed by atoms with Crippen LogP contribution in [-0.2, 0) is 9.53 Å². The minimum absolute atomic E-state index is 0.0907. The van der Waals surface area contributed by atoms with Gasteiger partial charge in [-0.1, -0.05) is 5.16 Å². The lowest BCUT2D eigenvalue weighted by molar-refractivity contribution is -0.146. The van der Waals surface area contributed by atoms with Crippen LogP contribution >= 0.6 is 0 Å². The van der Waals surface area contributed by atoms with Crippen LogP contribution in [0.2, 0.25) is 0 Å². The Balaban J connectivity index is 1.48. The molecule has 3 aromatic heterocycles. The third kappa shape index (κ3) is 5.07. The molecule has 5 rings (SSSR count). The van der Waals surface area contributed by atoms with Crippen LogP contribution in [0.25, 0.3) is 5.65 Å². The van der Waals surface area contributed by atoms with Crippen molar-refractivity contribution in [3.63, 3.8) is 0 Å². The number of aryl methyl sites for hydroxylation is 1. The first-order valence-corrected chi connectivity index (χ1v) is 12.3. The molecule has 0 aromatic carbocycles. The molecule has 2 aliphatic carbocycles. The molecule has 0 radical (unpaired) electrons. The summed E-state index contributed by atoms with van der Waals surface area (Å²) in [5, 5.41) is 14.9. The molecule has 2 saturated carbocycles. The molecule has 1 N–H and O–H groups in total. The van der Waals surface area contributed by atoms with Crippen molar-refractivity contribution < 1.29 is 27.7 Å². The van der Waals surface area contributed by atoms with Crippen LogP contribution in [0.15, 0.2) is 23.1 Å². The van der Waals surface area contributed by atoms with Crippen LogP contribution in [-0.4, -0.2) is 49.8 Å². The Labute approximate surface area is 205 Å². The molecule has 12 heteroatoms. The highest BCUT2D eigenvalue weighted by molar-refractivity contribution is 5.93. The van der Waals surface area contributed by atoms with Crippen LogP contribution in [0.3, 0.4) is 0 Å². The molecular weight excluding hydrogens is 474 g/mol. The van der Waals surface area contributed by atoms with E-state index in [-0.39, 0.29) is 24.3 Å². The smallest absolute Gasteiger partial charge is 0.313 e. The molecule has 36 heavy (non-hydrogen) atoms. The number of fused-ring (bicyclic) bond motifs is 1. The zero-order valence-corrected chi connectivity index (χ0v) is 20.1. The lowest BCUT2D eigenvalue weighted by atomic mass is 9.87. The summed E-state index contributed by atoms with van der Waals surface area (Å²) in [6.07, 6.45) is 4.18. The molecule has 2 atom stereocenters. The molecule has 0 aliphatic heterocycles. The lowest BCUT2D eigenvalue weighted by Gasteiger charge is -2.26. The van der Waals surface area contributed by atoms with Crippen molar-refractivity contribution in [1.82, 2.24) is 30.2 Å². The van der Waals surface area contributed by atoms with Crippen LogP contribution < -0.4 is 5.32 Å². The molecule has 3 heterocycles. The van der Waals surface area contributed by atoms with E-state index >= 15 is 0 Å². The van der Waals surface area contributed by atoms with E-state index in [1.54, 1.807) is 26.1 Å². The van der Waals surface area contributed by atoms with E-state index in [1.807, 2.05) is 0 Å². The van der Waals surface area contributed by atoms with Crippen molar-refractivity contribution in [2.75, 3.05) is 6.61 Å². The van der Waals surface area contributed by atoms with Gasteiger partial charge in [0.25, 0.3) is 5.91 Å². The maximum atomic E-state index is 13.2. The average Bonchev–Trinajstić information content (AvgIpc) is 3.77. The fraction of sp³-hybridized carbons (Fsp3) is 0.583. The van der Waals surface area contributed by atoms with E-state index in [1.165, 1.54) is 10.7 Å². The van der Waals surface area contributed by atoms with Gasteiger partial charge in [0, 0.05) is 6.42 Å². The number of aromatic nitrogens is 5. The molecule has 3 aromatic rings. The third-order valence-electron chi connectivity index (χ3n) is 6.94. The van der Waals surface area contributed by atoms with Crippen molar-refractivity contribution in [3.05, 3.63) is 41.1 Å². The summed E-state index contributed by atoms with van der Waals surface area (Å²) in [7, 11) is 0. The van der Waals surface area contributed by atoms with E-state index in [2.05, 4.69) is 20.7 Å². The highest BCUT2D eigenvalue weighted by Crippen LogP contribution is 2.54. The minimum Gasteiger partial charge on any atom is -0.466 e. The standard InChI is InChI=1S/C24H28F2N6O4/c1-3-35-24(34)16(9-18(25)26)15-8-19-28-17(11-32(19)27-10-15)22(20(13-4-5-13)14-6-7-14)29-23(33)21-12(2)30-36-31-21/h8,10-11,13-14,16,18,20,22H,3-7,9H2,1-2H3,(H,29,33). The molecule has 2 fully saturated rings. The second kappa shape index (κ2) is 9.90. The summed E-state index contributed by atoms with van der Waals surface area (Å²) in [5.74, 6) is -1.06. The van der Waals surface area contributed by atoms with Crippen molar-refractivity contribution >= 4 is 17.5 Å². The number of carbonyl (C=O) groups excluding carboxylic acids is 2. The fourth-order valence-corrected chi connectivity index (χ4v) is 4.95. The Morgan fingerprint density at radius 1 is 1.22 bits per heavy atom. The predicted molar refractivity (Wildman–Crippen MR) is 121 cm³/mol. The Morgan fingerprint density at radius 3 is 2.53 bits per heavy atom. The SMILES string of the molecule is CCOC(=O)C(CC(F)F)c1cnn2cc(C(NC(=O)c3nonc3C)C(C3CC3)C3CC3)nc2c1. The molecule has 0 saturated heterocycles. The summed E-state index contributed by atoms with van der Waals surface area (Å²) < 4.78 is 37.7. The van der Waals surface area contributed by atoms with Gasteiger partial charge in [0.05, 0.1) is 36.7 Å². The zero-order valence-electron chi connectivity index (χ0n) is 20.1. The molecule has 1 amide bonds. The van der Waals surface area contributed by atoms with Crippen LogP contribution in [0, 0.1) is 24.7 Å². The number of ether oxygens (including phenoxy) is 1. The number of hydrogen-bond donors (Lipinski definition) is 1. The molecule has 10 nitrogen and oxygen atoms in total. The number of nitrogens with zero attached hydrogens (tertiary/aromatic N) is 5. The largest absolute Gasteiger partial charge is 0.466 e. The number of alkyl halides is 2. The highest BCUT2D eigenvalue weighted by Gasteiger charge is 2.47. The molecule has 2 aliphatic rings. The number of amides is 1. The Hall–Kier alpha value is -3.44. The van der Waals surface area contributed by atoms with E-state index in [4.69, 9.17) is 14.3 Å². The number of hydrogen-bond acceptors (Lipinski definition) is 8. The van der Waals surface area contributed by atoms with Gasteiger partial charge in [-0.05, 0) is 74.1 Å². The second-order valence-electron chi connectivity index (χ2n) is 9.59. The van der Waals surface area contributed by atoms with Gasteiger partial charge in [0.2, 0.25) is 6.43 Å². The molecule has 2 unspecified atom stereocenters. The predicted octanol–water partition coefficient (Wildman–Crippen LogP) is 3.63. The van der Waals surface area contributed by atoms with Gasteiger partial charge in [0.15, 0.2) is 11.3 Å². The Kier molecular flexibility index (Phi) is 6.67. The highest BCUT2D eigenvalue weighted by atomic mass is 19.3. The first-order chi connectivity index (χ1) is 17.4. The second-order valence-corrected chi connectivity index (χ2v) is 9.59. The molecule has 0 bridgehead atoms. The number of esters is 1. The van der Waals surface area contributed by atoms with Gasteiger partial charge in [-0.15, -0.1) is 0 Å². The topological polar surface area (TPSA) is 125 Å². The first kappa shape index (κ1) is 24.3. The van der Waals surface area contributed by atoms with E-state index in [0.29, 0.717) is 34.4 Å². The summed E-state index contributed by atoms with van der Waals surface area (Å²) in [4.78, 5) is 30.1. The van der Waals surface area contributed by atoms with Crippen molar-refractivity contribution in [1.29, 1.82) is 0 Å². The molecule has 192 valence electrons. The van der Waals surface area contributed by atoms with Gasteiger partial charge >= 0.3 is 5.97 Å². The maximum absolute atomic E-state index is 13.2. The summed E-state index contributed by atoms with van der Waals surface area (Å²) >= 11 is 0. The van der Waals surface area contributed by atoms with Gasteiger partial charge in [-0.3, -0.25) is 9.59 Å². The van der Waals surface area contributed by atoms with Crippen LogP contribution in [0.5, 0.6) is 0 Å². The van der Waals surface area contributed by atoms with Crippen molar-refractivity contribution in [3.8, 4) is 0 Å². The van der Waals surface area contributed by atoms with E-state index < -0.39 is 30.6 Å². The Bertz CT molecular complexity index is 1240. The minimum atomic E-state index is -2.68. The van der Waals surface area contributed by atoms with E-state index in [9.17, 15) is 18.4 Å². The summed E-state index contributed by atoms with van der Waals surface area (Å²) in [6.45, 7) is 3.36. The average molecular weight is 503 g/mol. The summed E-state index contributed by atoms with van der Waals surface area (Å²) in [5.41, 5.74) is 1.84. The maximum Gasteiger partial charge on any atom is 0.313 e. The molecule has 0 spiro atoms. The van der Waals surface area contributed by atoms with Gasteiger partial charge < -0.3 is 10.1 Å². The quantitative estimate of drug-likeness (QED) is 0.394. The lowest BCUT2D eigenvalue weighted by Crippen LogP contribution is -2.36. The summed E-state index contributed by atoms with van der Waals surface area (Å²) in [6, 6.07) is 1.19. The van der Waals surface area contributed by atoms with Gasteiger partial charge in [0.1, 0.15) is 5.69 Å². The third-order valence-corrected chi connectivity index (χ3v) is 6.94. The number of rotatable bonds is 11. The van der Waals surface area contributed by atoms with Gasteiger partial charge in [-0.2, -0.15) is 5.10 Å². The monoisotopic (exact) mass is 502 g/mol. The van der Waals surface area contributed by atoms with Crippen molar-refractivity contribution in [2.45, 2.75) is 64.3 Å². The zero-order chi connectivity index (χ0) is 25.4.